The van der Waals surface area contributed by atoms with Gasteiger partial charge in [-0.2, -0.15) is 0 Å². The number of benzene rings is 1. The predicted octanol–water partition coefficient (Wildman–Crippen LogP) is 0.0730. The van der Waals surface area contributed by atoms with E-state index in [1.807, 2.05) is 4.90 Å². The topological polar surface area (TPSA) is 76.2 Å². The second kappa shape index (κ2) is 5.63. The average molecular weight is 290 g/mol. The number of nitrogens with zero attached hydrogens (tertiary/aromatic N) is 2. The Morgan fingerprint density at radius 3 is 2.24 bits per heavy atom. The summed E-state index contributed by atoms with van der Waals surface area (Å²) in [4.78, 5) is 42.7. The molecule has 0 radical (unpaired) electrons. The number of ether oxygens (including phenoxy) is 1. The largest absolute Gasteiger partial charge is 0.379 e. The van der Waals surface area contributed by atoms with Crippen LogP contribution in [0.15, 0.2) is 24.3 Å². The van der Waals surface area contributed by atoms with Crippen LogP contribution in [0.3, 0.4) is 0 Å². The quantitative estimate of drug-likeness (QED) is 0.733. The lowest BCUT2D eigenvalue weighted by atomic mass is 10.1. The van der Waals surface area contributed by atoms with Crippen molar-refractivity contribution in [2.45, 2.75) is 0 Å². The van der Waals surface area contributed by atoms with Crippen LogP contribution in [-0.2, 0) is 14.4 Å². The van der Waals surface area contributed by atoms with Crippen LogP contribution in [0.4, 0.5) is 0 Å². The summed E-state index contributed by atoms with van der Waals surface area (Å²) < 4.78 is 5.18. The molecule has 0 N–H and O–H groups in total. The summed E-state index contributed by atoms with van der Waals surface area (Å²) in [5.74, 6) is -1.84. The van der Waals surface area contributed by atoms with Gasteiger partial charge in [-0.25, -0.2) is 4.79 Å². The van der Waals surface area contributed by atoms with Gasteiger partial charge in [0.1, 0.15) is 0 Å². The molecule has 0 aliphatic carbocycles. The number of imide groups is 1. The number of morpholine rings is 1. The summed E-state index contributed by atoms with van der Waals surface area (Å²) in [5, 5.41) is 0.535. The molecule has 0 spiro atoms. The molecule has 21 heavy (non-hydrogen) atoms. The Hall–Kier alpha value is -2.25. The zero-order valence-electron chi connectivity index (χ0n) is 11.3. The molecule has 0 unspecified atom stereocenters. The third kappa shape index (κ3) is 2.65. The second-order valence-electron chi connectivity index (χ2n) is 4.80. The van der Waals surface area contributed by atoms with E-state index in [4.69, 9.17) is 9.57 Å². The first kappa shape index (κ1) is 13.7. The van der Waals surface area contributed by atoms with Gasteiger partial charge in [-0.15, -0.1) is 0 Å². The minimum Gasteiger partial charge on any atom is -0.379 e. The minimum atomic E-state index is -0.633. The average Bonchev–Trinajstić information content (AvgIpc) is 2.74. The van der Waals surface area contributed by atoms with E-state index >= 15 is 0 Å². The highest BCUT2D eigenvalue weighted by Crippen LogP contribution is 2.22. The third-order valence-electron chi connectivity index (χ3n) is 3.41. The molecule has 1 saturated heterocycles. The molecule has 2 heterocycles. The van der Waals surface area contributed by atoms with Crippen LogP contribution in [0.5, 0.6) is 0 Å². The number of carbonyl (C=O) groups excluding carboxylic acids is 3. The van der Waals surface area contributed by atoms with Crippen molar-refractivity contribution >= 4 is 17.8 Å². The zero-order valence-corrected chi connectivity index (χ0v) is 11.3. The van der Waals surface area contributed by atoms with Crippen molar-refractivity contribution in [2.24, 2.45) is 0 Å². The molecular weight excluding hydrogens is 276 g/mol. The Labute approximate surface area is 121 Å². The first-order chi connectivity index (χ1) is 10.2. The Kier molecular flexibility index (Phi) is 3.68. The van der Waals surface area contributed by atoms with Crippen molar-refractivity contribution < 1.29 is 24.0 Å². The zero-order chi connectivity index (χ0) is 14.8. The monoisotopic (exact) mass is 290 g/mol. The van der Waals surface area contributed by atoms with E-state index in [9.17, 15) is 14.4 Å². The summed E-state index contributed by atoms with van der Waals surface area (Å²) in [5.41, 5.74) is 0.503. The van der Waals surface area contributed by atoms with E-state index in [0.29, 0.717) is 31.4 Å². The molecule has 7 heteroatoms. The predicted molar refractivity (Wildman–Crippen MR) is 70.3 cm³/mol. The van der Waals surface area contributed by atoms with E-state index in [1.54, 1.807) is 12.1 Å². The smallest absolute Gasteiger partial charge is 0.347 e. The number of rotatable bonds is 3. The molecule has 2 amide bonds. The lowest BCUT2D eigenvalue weighted by Gasteiger charge is -2.25. The molecule has 110 valence electrons. The number of carbonyl (C=O) groups is 3. The number of hydrogen-bond acceptors (Lipinski definition) is 6. The Morgan fingerprint density at radius 1 is 1.10 bits per heavy atom. The number of hydroxylamine groups is 2. The van der Waals surface area contributed by atoms with Crippen molar-refractivity contribution in [1.29, 1.82) is 0 Å². The van der Waals surface area contributed by atoms with Crippen molar-refractivity contribution in [3.63, 3.8) is 0 Å². The second-order valence-corrected chi connectivity index (χ2v) is 4.80. The Bertz CT molecular complexity index is 560. The fourth-order valence-corrected chi connectivity index (χ4v) is 2.32. The van der Waals surface area contributed by atoms with Crippen LogP contribution in [0.2, 0.25) is 0 Å². The summed E-state index contributed by atoms with van der Waals surface area (Å²) in [6.45, 7) is 2.38. The summed E-state index contributed by atoms with van der Waals surface area (Å²) in [7, 11) is 0. The maximum Gasteiger partial charge on any atom is 0.347 e. The van der Waals surface area contributed by atoms with Gasteiger partial charge < -0.3 is 9.57 Å². The molecule has 7 nitrogen and oxygen atoms in total. The summed E-state index contributed by atoms with van der Waals surface area (Å²) in [6.07, 6.45) is 0. The first-order valence-corrected chi connectivity index (χ1v) is 6.65. The van der Waals surface area contributed by atoms with Gasteiger partial charge in [-0.05, 0) is 12.1 Å². The molecule has 3 rings (SSSR count). The van der Waals surface area contributed by atoms with Crippen molar-refractivity contribution in [3.8, 4) is 0 Å². The highest BCUT2D eigenvalue weighted by molar-refractivity contribution is 6.20. The van der Waals surface area contributed by atoms with Gasteiger partial charge >= 0.3 is 5.97 Å². The van der Waals surface area contributed by atoms with Gasteiger partial charge in [0.05, 0.1) is 30.9 Å². The molecule has 2 aliphatic heterocycles. The molecule has 1 aromatic rings. The molecule has 2 aliphatic rings. The van der Waals surface area contributed by atoms with Gasteiger partial charge in [0.2, 0.25) is 0 Å². The van der Waals surface area contributed by atoms with Crippen LogP contribution in [-0.4, -0.2) is 60.6 Å². The molecule has 1 aromatic carbocycles. The van der Waals surface area contributed by atoms with Crippen LogP contribution < -0.4 is 0 Å². The maximum atomic E-state index is 12.0. The highest BCUT2D eigenvalue weighted by Gasteiger charge is 2.38. The van der Waals surface area contributed by atoms with E-state index in [-0.39, 0.29) is 17.7 Å². The van der Waals surface area contributed by atoms with Gasteiger partial charge in [0, 0.05) is 13.1 Å². The number of hydrogen-bond donors (Lipinski definition) is 0. The Balaban J connectivity index is 1.64. The standard InChI is InChI=1S/C14H14N2O5/c17-12(9-15-5-7-20-8-6-15)21-16-13(18)10-3-1-2-4-11(10)14(16)19/h1-4H,5-9H2. The fraction of sp³-hybridized carbons (Fsp3) is 0.357. The minimum absolute atomic E-state index is 0.0246. The van der Waals surface area contributed by atoms with Crippen LogP contribution in [0, 0.1) is 0 Å². The van der Waals surface area contributed by atoms with Crippen molar-refractivity contribution in [3.05, 3.63) is 35.4 Å². The van der Waals surface area contributed by atoms with E-state index in [0.717, 1.165) is 0 Å². The van der Waals surface area contributed by atoms with Gasteiger partial charge in [-0.3, -0.25) is 14.5 Å². The summed E-state index contributed by atoms with van der Waals surface area (Å²) >= 11 is 0. The van der Waals surface area contributed by atoms with E-state index < -0.39 is 17.8 Å². The SMILES string of the molecule is O=C(CN1CCOCC1)ON1C(=O)c2ccccc2C1=O. The van der Waals surface area contributed by atoms with Gasteiger partial charge in [0.25, 0.3) is 11.8 Å². The molecule has 0 atom stereocenters. The van der Waals surface area contributed by atoms with Crippen molar-refractivity contribution in [2.75, 3.05) is 32.8 Å². The van der Waals surface area contributed by atoms with Crippen LogP contribution in [0.1, 0.15) is 20.7 Å². The molecule has 0 bridgehead atoms. The first-order valence-electron chi connectivity index (χ1n) is 6.65. The van der Waals surface area contributed by atoms with Crippen LogP contribution in [0.25, 0.3) is 0 Å². The fourth-order valence-electron chi connectivity index (χ4n) is 2.32. The Morgan fingerprint density at radius 2 is 1.67 bits per heavy atom. The summed E-state index contributed by atoms with van der Waals surface area (Å²) in [6, 6.07) is 6.38. The van der Waals surface area contributed by atoms with Crippen molar-refractivity contribution in [1.82, 2.24) is 9.96 Å². The molecule has 1 fully saturated rings. The normalized spacial score (nSPS) is 18.8. The lowest BCUT2D eigenvalue weighted by Crippen LogP contribution is -2.42. The number of fused-ring (bicyclic) bond motifs is 1. The van der Waals surface area contributed by atoms with E-state index in [2.05, 4.69) is 0 Å². The third-order valence-corrected chi connectivity index (χ3v) is 3.41. The van der Waals surface area contributed by atoms with Gasteiger partial charge in [-0.1, -0.05) is 17.2 Å². The van der Waals surface area contributed by atoms with Gasteiger partial charge in [0.15, 0.2) is 0 Å². The number of amides is 2. The maximum absolute atomic E-state index is 12.0. The molecule has 0 aromatic heterocycles. The molecule has 0 saturated carbocycles. The van der Waals surface area contributed by atoms with Crippen LogP contribution >= 0.6 is 0 Å². The van der Waals surface area contributed by atoms with E-state index in [1.165, 1.54) is 12.1 Å². The highest BCUT2D eigenvalue weighted by atomic mass is 16.7. The lowest BCUT2D eigenvalue weighted by molar-refractivity contribution is -0.170. The molecular formula is C14H14N2O5.